The quantitative estimate of drug-likeness (QED) is 0.667. The molecule has 1 N–H and O–H groups in total. The molecule has 108 valence electrons. The van der Waals surface area contributed by atoms with E-state index >= 15 is 0 Å². The number of hydrogen-bond donors (Lipinski definition) is 1. The van der Waals surface area contributed by atoms with E-state index in [0.717, 1.165) is 17.9 Å². The topological polar surface area (TPSA) is 15.3 Å². The summed E-state index contributed by atoms with van der Waals surface area (Å²) in [7, 11) is 4.32. The Morgan fingerprint density at radius 3 is 2.61 bits per heavy atom. The van der Waals surface area contributed by atoms with E-state index in [1.165, 1.54) is 58.0 Å². The van der Waals surface area contributed by atoms with Crippen molar-refractivity contribution in [2.75, 3.05) is 27.2 Å². The van der Waals surface area contributed by atoms with Crippen LogP contribution in [0.4, 0.5) is 0 Å². The number of nitrogens with one attached hydrogen (secondary N) is 1. The lowest BCUT2D eigenvalue weighted by Crippen LogP contribution is -2.35. The summed E-state index contributed by atoms with van der Waals surface area (Å²) in [5, 5.41) is 3.78. The molecule has 0 saturated heterocycles. The maximum atomic E-state index is 3.78. The van der Waals surface area contributed by atoms with Crippen LogP contribution >= 0.6 is 0 Å². The molecule has 1 saturated carbocycles. The van der Waals surface area contributed by atoms with Crippen LogP contribution in [0.3, 0.4) is 0 Å². The van der Waals surface area contributed by atoms with E-state index < -0.39 is 0 Å². The highest BCUT2D eigenvalue weighted by Crippen LogP contribution is 2.29. The second-order valence-corrected chi connectivity index (χ2v) is 6.82. The maximum Gasteiger partial charge on any atom is 0.00697 e. The maximum absolute atomic E-state index is 3.78. The van der Waals surface area contributed by atoms with Crippen LogP contribution in [0.25, 0.3) is 0 Å². The van der Waals surface area contributed by atoms with Gasteiger partial charge in [-0.1, -0.05) is 26.7 Å². The lowest BCUT2D eigenvalue weighted by Gasteiger charge is -2.31. The van der Waals surface area contributed by atoms with E-state index in [1.54, 1.807) is 0 Å². The predicted molar refractivity (Wildman–Crippen MR) is 81.0 cm³/mol. The van der Waals surface area contributed by atoms with Crippen molar-refractivity contribution in [3.63, 3.8) is 0 Å². The molecule has 0 aromatic heterocycles. The molecule has 0 aromatic rings. The van der Waals surface area contributed by atoms with E-state index in [2.05, 4.69) is 38.2 Å². The van der Waals surface area contributed by atoms with Gasteiger partial charge < -0.3 is 10.2 Å². The fourth-order valence-electron chi connectivity index (χ4n) is 3.22. The van der Waals surface area contributed by atoms with Gasteiger partial charge in [0.15, 0.2) is 0 Å². The van der Waals surface area contributed by atoms with E-state index in [9.17, 15) is 0 Å². The van der Waals surface area contributed by atoms with Crippen molar-refractivity contribution >= 4 is 0 Å². The molecule has 1 fully saturated rings. The fourth-order valence-corrected chi connectivity index (χ4v) is 3.22. The van der Waals surface area contributed by atoms with E-state index in [0.29, 0.717) is 0 Å². The summed E-state index contributed by atoms with van der Waals surface area (Å²) in [5.41, 5.74) is 0. The largest absolute Gasteiger partial charge is 0.314 e. The SMILES string of the molecule is CC(C)CC1CCCC(NCCCCN(C)C)C1. The van der Waals surface area contributed by atoms with Crippen molar-refractivity contribution < 1.29 is 0 Å². The normalized spacial score (nSPS) is 25.0. The molecular weight excluding hydrogens is 220 g/mol. The van der Waals surface area contributed by atoms with Crippen molar-refractivity contribution in [2.24, 2.45) is 11.8 Å². The van der Waals surface area contributed by atoms with Gasteiger partial charge in [-0.3, -0.25) is 0 Å². The number of unbranched alkanes of at least 4 members (excludes halogenated alkanes) is 1. The lowest BCUT2D eigenvalue weighted by molar-refractivity contribution is 0.251. The molecule has 2 heteroatoms. The van der Waals surface area contributed by atoms with Crippen molar-refractivity contribution in [3.05, 3.63) is 0 Å². The molecule has 1 aliphatic rings. The van der Waals surface area contributed by atoms with Crippen molar-refractivity contribution in [1.29, 1.82) is 0 Å². The highest BCUT2D eigenvalue weighted by Gasteiger charge is 2.21. The Balaban J connectivity index is 2.07. The van der Waals surface area contributed by atoms with Gasteiger partial charge in [-0.05, 0) is 71.1 Å². The number of nitrogens with zero attached hydrogens (tertiary/aromatic N) is 1. The van der Waals surface area contributed by atoms with Crippen LogP contribution in [0.2, 0.25) is 0 Å². The molecular formula is C16H34N2. The molecule has 2 unspecified atom stereocenters. The zero-order valence-corrected chi connectivity index (χ0v) is 13.0. The summed E-state index contributed by atoms with van der Waals surface area (Å²) in [6.07, 6.45) is 9.81. The van der Waals surface area contributed by atoms with E-state index in [4.69, 9.17) is 0 Å². The smallest absolute Gasteiger partial charge is 0.00697 e. The van der Waals surface area contributed by atoms with Gasteiger partial charge in [0.05, 0.1) is 0 Å². The minimum atomic E-state index is 0.807. The summed E-state index contributed by atoms with van der Waals surface area (Å²) < 4.78 is 0. The molecule has 0 spiro atoms. The highest BCUT2D eigenvalue weighted by molar-refractivity contribution is 4.78. The Morgan fingerprint density at radius 2 is 1.94 bits per heavy atom. The Morgan fingerprint density at radius 1 is 1.17 bits per heavy atom. The summed E-state index contributed by atoms with van der Waals surface area (Å²) in [6.45, 7) is 7.16. The average Bonchev–Trinajstić information content (AvgIpc) is 2.27. The first-order valence-corrected chi connectivity index (χ1v) is 7.96. The van der Waals surface area contributed by atoms with Gasteiger partial charge in [0, 0.05) is 6.04 Å². The summed E-state index contributed by atoms with van der Waals surface area (Å²) in [6, 6.07) is 0.807. The molecule has 0 radical (unpaired) electrons. The van der Waals surface area contributed by atoms with Crippen LogP contribution in [0, 0.1) is 11.8 Å². The zero-order valence-electron chi connectivity index (χ0n) is 13.0. The van der Waals surface area contributed by atoms with Gasteiger partial charge in [0.1, 0.15) is 0 Å². The van der Waals surface area contributed by atoms with Crippen LogP contribution in [0.1, 0.15) is 58.8 Å². The summed E-state index contributed by atoms with van der Waals surface area (Å²) in [4.78, 5) is 2.28. The fraction of sp³-hybridized carbons (Fsp3) is 1.00. The van der Waals surface area contributed by atoms with Gasteiger partial charge in [-0.2, -0.15) is 0 Å². The summed E-state index contributed by atoms with van der Waals surface area (Å²) >= 11 is 0. The zero-order chi connectivity index (χ0) is 13.4. The van der Waals surface area contributed by atoms with Crippen LogP contribution in [0.15, 0.2) is 0 Å². The van der Waals surface area contributed by atoms with Crippen LogP contribution in [0.5, 0.6) is 0 Å². The Hall–Kier alpha value is -0.0800. The standard InChI is InChI=1S/C16H34N2/c1-14(2)12-15-8-7-9-16(13-15)17-10-5-6-11-18(3)4/h14-17H,5-13H2,1-4H3. The van der Waals surface area contributed by atoms with Crippen molar-refractivity contribution in [2.45, 2.75) is 64.8 Å². The molecule has 2 atom stereocenters. The number of rotatable bonds is 8. The predicted octanol–water partition coefficient (Wildman–Crippen LogP) is 3.52. The highest BCUT2D eigenvalue weighted by atomic mass is 15.0. The second kappa shape index (κ2) is 8.92. The van der Waals surface area contributed by atoms with Crippen LogP contribution < -0.4 is 5.32 Å². The Bertz CT molecular complexity index is 201. The third kappa shape index (κ3) is 7.38. The molecule has 0 heterocycles. The molecule has 2 nitrogen and oxygen atoms in total. The van der Waals surface area contributed by atoms with Gasteiger partial charge in [-0.25, -0.2) is 0 Å². The Kier molecular flexibility index (Phi) is 7.92. The first-order valence-electron chi connectivity index (χ1n) is 7.96. The van der Waals surface area contributed by atoms with Gasteiger partial charge >= 0.3 is 0 Å². The molecule has 1 aliphatic carbocycles. The van der Waals surface area contributed by atoms with Gasteiger partial charge in [0.25, 0.3) is 0 Å². The molecule has 0 aliphatic heterocycles. The average molecular weight is 254 g/mol. The third-order valence-corrected chi connectivity index (χ3v) is 4.05. The first kappa shape index (κ1) is 16.0. The van der Waals surface area contributed by atoms with Gasteiger partial charge in [-0.15, -0.1) is 0 Å². The Labute approximate surface area is 115 Å². The molecule has 18 heavy (non-hydrogen) atoms. The molecule has 1 rings (SSSR count). The van der Waals surface area contributed by atoms with Gasteiger partial charge in [0.2, 0.25) is 0 Å². The van der Waals surface area contributed by atoms with E-state index in [1.807, 2.05) is 0 Å². The first-order chi connectivity index (χ1) is 8.58. The number of hydrogen-bond acceptors (Lipinski definition) is 2. The molecule has 0 amide bonds. The van der Waals surface area contributed by atoms with Crippen LogP contribution in [-0.4, -0.2) is 38.1 Å². The summed E-state index contributed by atoms with van der Waals surface area (Å²) in [5.74, 6) is 1.85. The minimum Gasteiger partial charge on any atom is -0.314 e. The van der Waals surface area contributed by atoms with Crippen molar-refractivity contribution in [3.8, 4) is 0 Å². The van der Waals surface area contributed by atoms with Crippen LogP contribution in [-0.2, 0) is 0 Å². The van der Waals surface area contributed by atoms with Crippen molar-refractivity contribution in [1.82, 2.24) is 10.2 Å². The minimum absolute atomic E-state index is 0.807. The molecule has 0 aromatic carbocycles. The lowest BCUT2D eigenvalue weighted by atomic mass is 9.81. The van der Waals surface area contributed by atoms with E-state index in [-0.39, 0.29) is 0 Å². The molecule has 0 bridgehead atoms. The monoisotopic (exact) mass is 254 g/mol. The second-order valence-electron chi connectivity index (χ2n) is 6.82. The third-order valence-electron chi connectivity index (χ3n) is 4.05.